The van der Waals surface area contributed by atoms with Gasteiger partial charge in [0.1, 0.15) is 6.04 Å². The Bertz CT molecular complexity index is 639. The number of carbonyl (C=O) groups excluding carboxylic acids is 1. The summed E-state index contributed by atoms with van der Waals surface area (Å²) in [6.07, 6.45) is 0.505. The lowest BCUT2D eigenvalue weighted by Crippen LogP contribution is -2.43. The van der Waals surface area contributed by atoms with E-state index >= 15 is 0 Å². The zero-order valence-corrected chi connectivity index (χ0v) is 17.6. The van der Waals surface area contributed by atoms with Gasteiger partial charge in [0.15, 0.2) is 0 Å². The number of carbonyl (C=O) groups is 2. The Hall–Kier alpha value is -1.14. The topological polar surface area (TPSA) is 57.6 Å². The van der Waals surface area contributed by atoms with Crippen molar-refractivity contribution in [1.82, 2.24) is 4.90 Å². The van der Waals surface area contributed by atoms with E-state index in [0.717, 1.165) is 5.75 Å². The van der Waals surface area contributed by atoms with Crippen molar-refractivity contribution in [1.29, 1.82) is 0 Å². The van der Waals surface area contributed by atoms with Gasteiger partial charge in [-0.3, -0.25) is 4.79 Å². The highest BCUT2D eigenvalue weighted by Gasteiger charge is 2.40. The maximum absolute atomic E-state index is 12.4. The predicted octanol–water partition coefficient (Wildman–Crippen LogP) is 3.84. The third-order valence-electron chi connectivity index (χ3n) is 4.83. The molecule has 4 nitrogen and oxygen atoms in total. The van der Waals surface area contributed by atoms with E-state index < -0.39 is 12.0 Å². The lowest BCUT2D eigenvalue weighted by molar-refractivity contribution is -0.149. The molecule has 1 amide bonds. The monoisotopic (exact) mass is 395 g/mol. The molecule has 1 N–H and O–H groups in total. The highest BCUT2D eigenvalue weighted by molar-refractivity contribution is 7.99. The number of amides is 1. The third-order valence-corrected chi connectivity index (χ3v) is 6.69. The number of aliphatic carboxylic acids is 1. The number of thiol groups is 1. The third kappa shape index (κ3) is 5.19. The first-order valence-corrected chi connectivity index (χ1v) is 10.7. The molecular weight excluding hydrogens is 366 g/mol. The molecule has 0 saturated carbocycles. The fourth-order valence-electron chi connectivity index (χ4n) is 3.07. The van der Waals surface area contributed by atoms with E-state index in [9.17, 15) is 14.7 Å². The van der Waals surface area contributed by atoms with Crippen molar-refractivity contribution in [3.63, 3.8) is 0 Å². The molecule has 0 spiro atoms. The number of likely N-dealkylation sites (tertiary alicyclic amines) is 1. The summed E-state index contributed by atoms with van der Waals surface area (Å²) < 4.78 is 0. The van der Waals surface area contributed by atoms with E-state index in [4.69, 9.17) is 0 Å². The standard InChI is InChI=1S/C20H29NO3S2/c1-13(11-25)18(22)21-10-16(9-17(21)19(23)24)26-12-14-5-7-15(8-6-14)20(2,3)4/h5-8,13,16-17,25H,9-12H2,1-4H3,(H,23,24). The Morgan fingerprint density at radius 2 is 1.92 bits per heavy atom. The van der Waals surface area contributed by atoms with E-state index in [1.165, 1.54) is 16.0 Å². The molecular formula is C20H29NO3S2. The zero-order chi connectivity index (χ0) is 19.5. The SMILES string of the molecule is CC(CS)C(=O)N1CC(SCc2ccc(C(C)(C)C)cc2)CC1C(=O)O. The van der Waals surface area contributed by atoms with Gasteiger partial charge in [0, 0.05) is 29.2 Å². The van der Waals surface area contributed by atoms with Gasteiger partial charge in [-0.1, -0.05) is 52.0 Å². The van der Waals surface area contributed by atoms with Crippen LogP contribution in [0, 0.1) is 5.92 Å². The first kappa shape index (κ1) is 21.2. The molecule has 3 unspecified atom stereocenters. The van der Waals surface area contributed by atoms with Crippen LogP contribution in [0.1, 0.15) is 45.2 Å². The Labute approximate surface area is 166 Å². The van der Waals surface area contributed by atoms with Crippen LogP contribution in [0.25, 0.3) is 0 Å². The van der Waals surface area contributed by atoms with E-state index in [0.29, 0.717) is 18.7 Å². The van der Waals surface area contributed by atoms with Gasteiger partial charge in [-0.05, 0) is 23.0 Å². The van der Waals surface area contributed by atoms with Gasteiger partial charge in [-0.25, -0.2) is 4.79 Å². The molecule has 0 aliphatic carbocycles. The summed E-state index contributed by atoms with van der Waals surface area (Å²) in [5.41, 5.74) is 2.66. The summed E-state index contributed by atoms with van der Waals surface area (Å²) in [5, 5.41) is 9.62. The van der Waals surface area contributed by atoms with Crippen LogP contribution in [0.2, 0.25) is 0 Å². The van der Waals surface area contributed by atoms with Gasteiger partial charge in [0.05, 0.1) is 0 Å². The van der Waals surface area contributed by atoms with Crippen molar-refractivity contribution in [3.05, 3.63) is 35.4 Å². The second-order valence-electron chi connectivity index (χ2n) is 8.04. The first-order valence-electron chi connectivity index (χ1n) is 8.98. The summed E-state index contributed by atoms with van der Waals surface area (Å²) in [6.45, 7) is 8.88. The number of benzene rings is 1. The molecule has 6 heteroatoms. The number of carboxylic acid groups (broad SMARTS) is 1. The zero-order valence-electron chi connectivity index (χ0n) is 15.9. The second kappa shape index (κ2) is 8.70. The van der Waals surface area contributed by atoms with E-state index in [1.807, 2.05) is 0 Å². The van der Waals surface area contributed by atoms with Gasteiger partial charge in [-0.2, -0.15) is 24.4 Å². The smallest absolute Gasteiger partial charge is 0.326 e. The molecule has 1 fully saturated rings. The van der Waals surface area contributed by atoms with E-state index in [2.05, 4.69) is 57.7 Å². The lowest BCUT2D eigenvalue weighted by Gasteiger charge is -2.24. The Kier molecular flexibility index (Phi) is 7.08. The predicted molar refractivity (Wildman–Crippen MR) is 111 cm³/mol. The summed E-state index contributed by atoms with van der Waals surface area (Å²) >= 11 is 5.90. The Morgan fingerprint density at radius 3 is 2.42 bits per heavy atom. The van der Waals surface area contributed by atoms with Crippen molar-refractivity contribution >= 4 is 36.3 Å². The van der Waals surface area contributed by atoms with Crippen molar-refractivity contribution < 1.29 is 14.7 Å². The van der Waals surface area contributed by atoms with Crippen LogP contribution in [0.15, 0.2) is 24.3 Å². The summed E-state index contributed by atoms with van der Waals surface area (Å²) in [7, 11) is 0. The fraction of sp³-hybridized carbons (Fsp3) is 0.600. The number of rotatable bonds is 6. The van der Waals surface area contributed by atoms with Crippen LogP contribution in [0.5, 0.6) is 0 Å². The Balaban J connectivity index is 1.98. The molecule has 3 atom stereocenters. The average molecular weight is 396 g/mol. The molecule has 1 saturated heterocycles. The van der Waals surface area contributed by atoms with Gasteiger partial charge < -0.3 is 10.0 Å². The van der Waals surface area contributed by atoms with Crippen molar-refractivity contribution in [3.8, 4) is 0 Å². The maximum Gasteiger partial charge on any atom is 0.326 e. The van der Waals surface area contributed by atoms with Crippen molar-refractivity contribution in [2.45, 2.75) is 56.6 Å². The highest BCUT2D eigenvalue weighted by atomic mass is 32.2. The fourth-order valence-corrected chi connectivity index (χ4v) is 4.43. The van der Waals surface area contributed by atoms with Crippen molar-refractivity contribution in [2.75, 3.05) is 12.3 Å². The van der Waals surface area contributed by atoms with Crippen LogP contribution in [-0.4, -0.2) is 45.5 Å². The van der Waals surface area contributed by atoms with Crippen molar-refractivity contribution in [2.24, 2.45) is 5.92 Å². The minimum Gasteiger partial charge on any atom is -0.480 e. The molecule has 1 aromatic carbocycles. The Morgan fingerprint density at radius 1 is 1.31 bits per heavy atom. The average Bonchev–Trinajstić information content (AvgIpc) is 3.02. The van der Waals surface area contributed by atoms with Crippen LogP contribution in [-0.2, 0) is 20.8 Å². The van der Waals surface area contributed by atoms with Gasteiger partial charge in [0.2, 0.25) is 5.91 Å². The molecule has 2 rings (SSSR count). The largest absolute Gasteiger partial charge is 0.480 e. The minimum absolute atomic E-state index is 0.106. The normalized spacial score (nSPS) is 21.7. The van der Waals surface area contributed by atoms with Crippen LogP contribution in [0.3, 0.4) is 0 Å². The molecule has 1 aliphatic rings. The molecule has 1 aliphatic heterocycles. The number of nitrogens with zero attached hydrogens (tertiary/aromatic N) is 1. The van der Waals surface area contributed by atoms with E-state index in [1.54, 1.807) is 18.7 Å². The van der Waals surface area contributed by atoms with E-state index in [-0.39, 0.29) is 22.5 Å². The molecule has 0 bridgehead atoms. The van der Waals surface area contributed by atoms with Crippen LogP contribution in [0.4, 0.5) is 0 Å². The molecule has 0 aromatic heterocycles. The van der Waals surface area contributed by atoms with Crippen LogP contribution < -0.4 is 0 Å². The van der Waals surface area contributed by atoms with Crippen LogP contribution >= 0.6 is 24.4 Å². The highest BCUT2D eigenvalue weighted by Crippen LogP contribution is 2.32. The maximum atomic E-state index is 12.4. The number of hydrogen-bond acceptors (Lipinski definition) is 4. The number of thioether (sulfide) groups is 1. The summed E-state index contributed by atoms with van der Waals surface area (Å²) in [5.74, 6) is -0.0215. The van der Waals surface area contributed by atoms with Gasteiger partial charge >= 0.3 is 5.97 Å². The second-order valence-corrected chi connectivity index (χ2v) is 9.70. The molecule has 144 valence electrons. The molecule has 0 radical (unpaired) electrons. The van der Waals surface area contributed by atoms with Gasteiger partial charge in [0.25, 0.3) is 0 Å². The number of carboxylic acids is 1. The molecule has 1 aromatic rings. The molecule has 26 heavy (non-hydrogen) atoms. The lowest BCUT2D eigenvalue weighted by atomic mass is 9.87. The molecule has 1 heterocycles. The summed E-state index contributed by atoms with van der Waals surface area (Å²) in [6, 6.07) is 7.89. The minimum atomic E-state index is -0.914. The quantitative estimate of drug-likeness (QED) is 0.719. The van der Waals surface area contributed by atoms with Gasteiger partial charge in [-0.15, -0.1) is 0 Å². The first-order chi connectivity index (χ1) is 12.1. The number of hydrogen-bond donors (Lipinski definition) is 2. The summed E-state index contributed by atoms with van der Waals surface area (Å²) in [4.78, 5) is 25.5.